The summed E-state index contributed by atoms with van der Waals surface area (Å²) in [5, 5.41) is 0. The first kappa shape index (κ1) is 41.5. The van der Waals surface area contributed by atoms with Crippen LogP contribution in [0, 0.1) is 5.92 Å². The van der Waals surface area contributed by atoms with Gasteiger partial charge in [0.1, 0.15) is 11.5 Å². The Bertz CT molecular complexity index is 1720. The topological polar surface area (TPSA) is 95.8 Å². The van der Waals surface area contributed by atoms with Crippen molar-refractivity contribution in [2.45, 2.75) is 85.0 Å². The molecule has 286 valence electrons. The van der Waals surface area contributed by atoms with E-state index in [1.54, 1.807) is 36.7 Å². The highest BCUT2D eigenvalue weighted by atomic mass is 16.5. The highest BCUT2D eigenvalue weighted by Crippen LogP contribution is 2.20. The number of ether oxygens (including phenoxy) is 4. The van der Waals surface area contributed by atoms with Crippen molar-refractivity contribution in [3.63, 3.8) is 0 Å². The van der Waals surface area contributed by atoms with E-state index in [9.17, 15) is 9.59 Å². The first-order valence-electron chi connectivity index (χ1n) is 19.5. The van der Waals surface area contributed by atoms with Gasteiger partial charge in [-0.05, 0) is 116 Å². The first-order chi connectivity index (χ1) is 26.4. The molecule has 4 rings (SSSR count). The molecule has 8 heteroatoms. The fourth-order valence-electron chi connectivity index (χ4n) is 5.47. The number of carbonyl (C=O) groups excluding carboxylic acids is 2. The van der Waals surface area contributed by atoms with Crippen LogP contribution in [-0.4, -0.2) is 50.8 Å². The Morgan fingerprint density at radius 3 is 1.43 bits per heavy atom. The predicted octanol–water partition coefficient (Wildman–Crippen LogP) is 11.5. The molecular formula is C46H56N2O6. The maximum atomic E-state index is 12.6. The average molecular weight is 733 g/mol. The fourth-order valence-corrected chi connectivity index (χ4v) is 5.47. The van der Waals surface area contributed by atoms with Crippen LogP contribution in [-0.2, 0) is 9.47 Å². The molecule has 8 nitrogen and oxygen atoms in total. The van der Waals surface area contributed by atoms with Crippen LogP contribution < -0.4 is 9.47 Å². The molecule has 1 atom stereocenters. The van der Waals surface area contributed by atoms with Crippen LogP contribution >= 0.6 is 0 Å². The molecule has 0 saturated heterocycles. The number of esters is 2. The molecule has 0 radical (unpaired) electrons. The van der Waals surface area contributed by atoms with Crippen molar-refractivity contribution in [2.24, 2.45) is 15.9 Å². The van der Waals surface area contributed by atoms with Gasteiger partial charge in [-0.25, -0.2) is 9.59 Å². The van der Waals surface area contributed by atoms with Gasteiger partial charge in [-0.2, -0.15) is 0 Å². The third kappa shape index (κ3) is 15.8. The lowest BCUT2D eigenvalue weighted by molar-refractivity contribution is 0.0425. The second-order valence-electron chi connectivity index (χ2n) is 13.5. The van der Waals surface area contributed by atoms with Gasteiger partial charge in [0, 0.05) is 12.4 Å². The molecule has 0 heterocycles. The summed E-state index contributed by atoms with van der Waals surface area (Å²) in [6, 6.07) is 29.8. The van der Waals surface area contributed by atoms with Crippen LogP contribution in [0.25, 0.3) is 0 Å². The number of aliphatic imine (C=N–C) groups is 2. The minimum absolute atomic E-state index is 0.120. The van der Waals surface area contributed by atoms with Gasteiger partial charge in [-0.3, -0.25) is 9.98 Å². The first-order valence-corrected chi connectivity index (χ1v) is 19.5. The van der Waals surface area contributed by atoms with Gasteiger partial charge >= 0.3 is 11.9 Å². The fraction of sp³-hybridized carbons (Fsp3) is 0.391. The van der Waals surface area contributed by atoms with Crippen molar-refractivity contribution in [1.29, 1.82) is 0 Å². The Labute approximate surface area is 321 Å². The average Bonchev–Trinajstić information content (AvgIpc) is 3.21. The summed E-state index contributed by atoms with van der Waals surface area (Å²) in [6.45, 7) is 8.45. The molecule has 0 bridgehead atoms. The minimum Gasteiger partial charge on any atom is -0.494 e. The number of hydrogen-bond donors (Lipinski definition) is 0. The highest BCUT2D eigenvalue weighted by Gasteiger charge is 2.12. The van der Waals surface area contributed by atoms with E-state index in [0.29, 0.717) is 24.2 Å². The Morgan fingerprint density at radius 1 is 0.537 bits per heavy atom. The molecular weight excluding hydrogens is 677 g/mol. The molecule has 0 aliphatic rings. The lowest BCUT2D eigenvalue weighted by Crippen LogP contribution is -2.13. The van der Waals surface area contributed by atoms with Gasteiger partial charge in [0.15, 0.2) is 0 Å². The molecule has 4 aromatic carbocycles. The van der Waals surface area contributed by atoms with Crippen LogP contribution in [0.3, 0.4) is 0 Å². The van der Waals surface area contributed by atoms with Crippen molar-refractivity contribution in [3.8, 4) is 11.5 Å². The van der Waals surface area contributed by atoms with Crippen LogP contribution in [0.2, 0.25) is 0 Å². The van der Waals surface area contributed by atoms with Gasteiger partial charge in [0.25, 0.3) is 0 Å². The molecule has 4 aromatic rings. The third-order valence-corrected chi connectivity index (χ3v) is 8.80. The summed E-state index contributed by atoms with van der Waals surface area (Å²) >= 11 is 0. The summed E-state index contributed by atoms with van der Waals surface area (Å²) in [5.74, 6) is 1.08. The zero-order valence-electron chi connectivity index (χ0n) is 32.2. The summed E-state index contributed by atoms with van der Waals surface area (Å²) in [4.78, 5) is 34.3. The highest BCUT2D eigenvalue weighted by molar-refractivity contribution is 5.92. The van der Waals surface area contributed by atoms with Crippen molar-refractivity contribution >= 4 is 35.7 Å². The van der Waals surface area contributed by atoms with Gasteiger partial charge in [0.2, 0.25) is 0 Å². The molecule has 0 N–H and O–H groups in total. The Balaban J connectivity index is 1.08. The molecule has 0 fully saturated rings. The van der Waals surface area contributed by atoms with E-state index in [1.165, 1.54) is 38.5 Å². The number of hydrogen-bond acceptors (Lipinski definition) is 8. The van der Waals surface area contributed by atoms with E-state index in [-0.39, 0.29) is 24.5 Å². The predicted molar refractivity (Wildman–Crippen MR) is 219 cm³/mol. The number of carbonyl (C=O) groups is 2. The summed E-state index contributed by atoms with van der Waals surface area (Å²) in [5.41, 5.74) is 4.39. The standard InChI is InChI=1S/C46H56N2O6/c1-4-6-8-10-30-51-43-26-22-41(23-27-43)47-33-37-14-18-39(19-15-37)45(49)53-32-12-13-36(3)35-54-46(50)40-20-16-38(17-21-40)34-48-42-24-28-44(29-25-42)52-31-11-9-7-5-2/h14-29,33-34,36H,4-13,30-32,35H2,1-3H3/t36-/m0/s1. The minimum atomic E-state index is -0.369. The van der Waals surface area contributed by atoms with Gasteiger partial charge < -0.3 is 18.9 Å². The van der Waals surface area contributed by atoms with E-state index in [2.05, 4.69) is 23.8 Å². The molecule has 0 aromatic heterocycles. The number of nitrogens with zero attached hydrogens (tertiary/aromatic N) is 2. The molecule has 0 unspecified atom stereocenters. The lowest BCUT2D eigenvalue weighted by Gasteiger charge is -2.12. The van der Waals surface area contributed by atoms with E-state index in [4.69, 9.17) is 18.9 Å². The van der Waals surface area contributed by atoms with Crippen LogP contribution in [0.4, 0.5) is 11.4 Å². The smallest absolute Gasteiger partial charge is 0.338 e. The Kier molecular flexibility index (Phi) is 18.6. The van der Waals surface area contributed by atoms with Gasteiger partial charge in [0.05, 0.1) is 48.9 Å². The second-order valence-corrected chi connectivity index (χ2v) is 13.5. The SMILES string of the molecule is CCCCCCOc1ccc(N=Cc2ccc(C(=O)OCCC[C@H](C)COC(=O)c3ccc(C=Nc4ccc(OCCCCCC)cc4)cc3)cc2)cc1. The third-order valence-electron chi connectivity index (χ3n) is 8.80. The summed E-state index contributed by atoms with van der Waals surface area (Å²) in [6.07, 6.45) is 14.4. The number of benzene rings is 4. The maximum absolute atomic E-state index is 12.6. The van der Waals surface area contributed by atoms with Gasteiger partial charge in [-0.15, -0.1) is 0 Å². The van der Waals surface area contributed by atoms with Crippen LogP contribution in [0.5, 0.6) is 11.5 Å². The molecule has 0 saturated carbocycles. The van der Waals surface area contributed by atoms with E-state index < -0.39 is 0 Å². The molecule has 0 aliphatic heterocycles. The van der Waals surface area contributed by atoms with E-state index in [0.717, 1.165) is 66.5 Å². The van der Waals surface area contributed by atoms with Crippen molar-refractivity contribution in [1.82, 2.24) is 0 Å². The summed E-state index contributed by atoms with van der Waals surface area (Å²) in [7, 11) is 0. The quantitative estimate of drug-likeness (QED) is 0.0404. The zero-order valence-corrected chi connectivity index (χ0v) is 32.2. The molecule has 0 amide bonds. The Hall–Kier alpha value is -5.24. The molecule has 0 aliphatic carbocycles. The maximum Gasteiger partial charge on any atom is 0.338 e. The molecule has 54 heavy (non-hydrogen) atoms. The number of unbranched alkanes of at least 4 members (excludes halogenated alkanes) is 6. The number of rotatable bonds is 24. The van der Waals surface area contributed by atoms with E-state index >= 15 is 0 Å². The van der Waals surface area contributed by atoms with Crippen molar-refractivity contribution in [2.75, 3.05) is 26.4 Å². The largest absolute Gasteiger partial charge is 0.494 e. The van der Waals surface area contributed by atoms with Gasteiger partial charge in [-0.1, -0.05) is 83.6 Å². The summed E-state index contributed by atoms with van der Waals surface area (Å²) < 4.78 is 22.6. The van der Waals surface area contributed by atoms with Crippen LogP contribution in [0.15, 0.2) is 107 Å². The Morgan fingerprint density at radius 2 is 0.981 bits per heavy atom. The monoisotopic (exact) mass is 732 g/mol. The second kappa shape index (κ2) is 24.1. The normalized spacial score (nSPS) is 11.8. The van der Waals surface area contributed by atoms with Crippen LogP contribution in [0.1, 0.15) is 117 Å². The lowest BCUT2D eigenvalue weighted by atomic mass is 10.1. The van der Waals surface area contributed by atoms with Crippen molar-refractivity contribution < 1.29 is 28.5 Å². The van der Waals surface area contributed by atoms with Crippen molar-refractivity contribution in [3.05, 3.63) is 119 Å². The van der Waals surface area contributed by atoms with E-state index in [1.807, 2.05) is 79.7 Å². The molecule has 0 spiro atoms. The zero-order chi connectivity index (χ0) is 38.2.